The van der Waals surface area contributed by atoms with Crippen LogP contribution >= 0.6 is 0 Å². The number of hydrogen-bond donors (Lipinski definition) is 3. The molecule has 1 heterocycles. The maximum atomic E-state index is 14.0. The van der Waals surface area contributed by atoms with E-state index in [4.69, 9.17) is 5.73 Å². The third-order valence-corrected chi connectivity index (χ3v) is 4.93. The molecular formula is C20H21F4N3O. The number of phenolic OH excluding ortho intramolecular Hbond substituents is 1. The third kappa shape index (κ3) is 3.82. The van der Waals surface area contributed by atoms with E-state index in [1.54, 1.807) is 24.3 Å². The number of imidazole rings is 1. The van der Waals surface area contributed by atoms with E-state index in [1.807, 2.05) is 0 Å². The lowest BCUT2D eigenvalue weighted by molar-refractivity contribution is -0.191. The summed E-state index contributed by atoms with van der Waals surface area (Å²) in [6.45, 7) is 2.99. The summed E-state index contributed by atoms with van der Waals surface area (Å²) in [6, 6.07) is 10.1. The van der Waals surface area contributed by atoms with E-state index in [1.165, 1.54) is 13.8 Å². The average Bonchev–Trinajstić information content (AvgIpc) is 2.97. The number of fused-ring (bicyclic) bond motifs is 1. The van der Waals surface area contributed by atoms with Crippen molar-refractivity contribution in [1.82, 2.24) is 9.97 Å². The molecule has 0 aliphatic heterocycles. The van der Waals surface area contributed by atoms with Gasteiger partial charge in [0.15, 0.2) is 0 Å². The van der Waals surface area contributed by atoms with Gasteiger partial charge in [0.25, 0.3) is 0 Å². The number of aromatic hydroxyl groups is 1. The van der Waals surface area contributed by atoms with Gasteiger partial charge in [-0.3, -0.25) is 0 Å². The lowest BCUT2D eigenvalue weighted by Crippen LogP contribution is -2.58. The molecule has 3 rings (SSSR count). The standard InChI is InChI=1S/C20H21F4N3O/c1-18(2,13-9-12(21)7-8-16(13)28)11-19(25,20(22,23)24)10-17-26-14-5-3-4-6-15(14)27-17/h3-9,28H,10-11,25H2,1-2H3,(H,26,27). The number of hydrogen-bond acceptors (Lipinski definition) is 3. The maximum Gasteiger partial charge on any atom is 0.406 e. The van der Waals surface area contributed by atoms with E-state index in [-0.39, 0.29) is 17.1 Å². The van der Waals surface area contributed by atoms with Crippen molar-refractivity contribution in [2.24, 2.45) is 5.73 Å². The second kappa shape index (κ2) is 6.77. The van der Waals surface area contributed by atoms with Crippen LogP contribution in [0, 0.1) is 5.82 Å². The second-order valence-electron chi connectivity index (χ2n) is 7.75. The minimum absolute atomic E-state index is 0.0659. The quantitative estimate of drug-likeness (QED) is 0.554. The number of para-hydroxylation sites is 2. The molecule has 0 amide bonds. The van der Waals surface area contributed by atoms with E-state index in [0.717, 1.165) is 18.2 Å². The molecule has 1 unspecified atom stereocenters. The van der Waals surface area contributed by atoms with E-state index < -0.39 is 35.8 Å². The Bertz CT molecular complexity index is 964. The Morgan fingerprint density at radius 2 is 1.79 bits per heavy atom. The molecule has 2 aromatic carbocycles. The van der Waals surface area contributed by atoms with Crippen molar-refractivity contribution in [3.63, 3.8) is 0 Å². The van der Waals surface area contributed by atoms with Crippen molar-refractivity contribution >= 4 is 11.0 Å². The van der Waals surface area contributed by atoms with Gasteiger partial charge in [-0.1, -0.05) is 26.0 Å². The van der Waals surface area contributed by atoms with E-state index >= 15 is 0 Å². The van der Waals surface area contributed by atoms with Crippen LogP contribution in [0.3, 0.4) is 0 Å². The molecule has 0 aliphatic carbocycles. The zero-order chi connectivity index (χ0) is 20.7. The molecule has 1 atom stereocenters. The van der Waals surface area contributed by atoms with E-state index in [2.05, 4.69) is 9.97 Å². The molecule has 4 nitrogen and oxygen atoms in total. The first-order valence-corrected chi connectivity index (χ1v) is 8.70. The normalized spacial score (nSPS) is 15.0. The Labute approximate surface area is 159 Å². The zero-order valence-electron chi connectivity index (χ0n) is 15.4. The molecule has 8 heteroatoms. The van der Waals surface area contributed by atoms with Crippen LogP contribution in [0.15, 0.2) is 42.5 Å². The maximum absolute atomic E-state index is 14.0. The Hall–Kier alpha value is -2.61. The smallest absolute Gasteiger partial charge is 0.406 e. The second-order valence-corrected chi connectivity index (χ2v) is 7.75. The van der Waals surface area contributed by atoms with E-state index in [0.29, 0.717) is 11.0 Å². The van der Waals surface area contributed by atoms with Crippen LogP contribution in [0.1, 0.15) is 31.7 Å². The van der Waals surface area contributed by atoms with Crippen molar-refractivity contribution in [3.05, 3.63) is 59.7 Å². The largest absolute Gasteiger partial charge is 0.508 e. The number of nitrogens with two attached hydrogens (primary N) is 1. The molecule has 3 aromatic rings. The highest BCUT2D eigenvalue weighted by molar-refractivity contribution is 5.74. The summed E-state index contributed by atoms with van der Waals surface area (Å²) in [5.74, 6) is -0.812. The first-order chi connectivity index (χ1) is 12.9. The van der Waals surface area contributed by atoms with Crippen LogP contribution < -0.4 is 5.73 Å². The molecular weight excluding hydrogens is 374 g/mol. The van der Waals surface area contributed by atoms with Crippen LogP contribution in [0.5, 0.6) is 5.75 Å². The minimum Gasteiger partial charge on any atom is -0.508 e. The van der Waals surface area contributed by atoms with Crippen LogP contribution in [0.4, 0.5) is 17.6 Å². The highest BCUT2D eigenvalue weighted by atomic mass is 19.4. The number of rotatable bonds is 5. The molecule has 4 N–H and O–H groups in total. The highest BCUT2D eigenvalue weighted by Gasteiger charge is 2.55. The fourth-order valence-electron chi connectivity index (χ4n) is 3.59. The van der Waals surface area contributed by atoms with Gasteiger partial charge in [0.05, 0.1) is 11.0 Å². The molecule has 0 spiro atoms. The van der Waals surface area contributed by atoms with Crippen LogP contribution in [0.25, 0.3) is 11.0 Å². The van der Waals surface area contributed by atoms with Gasteiger partial charge in [-0.2, -0.15) is 13.2 Å². The molecule has 0 bridgehead atoms. The predicted octanol–water partition coefficient (Wildman–Crippen LogP) is 4.58. The van der Waals surface area contributed by atoms with Crippen molar-refractivity contribution in [2.45, 2.75) is 43.8 Å². The number of phenols is 1. The third-order valence-electron chi connectivity index (χ3n) is 4.93. The Balaban J connectivity index is 1.98. The van der Waals surface area contributed by atoms with Crippen LogP contribution in [0.2, 0.25) is 0 Å². The molecule has 0 fully saturated rings. The lowest BCUT2D eigenvalue weighted by atomic mass is 9.72. The first kappa shape index (κ1) is 20.1. The number of aromatic amines is 1. The minimum atomic E-state index is -4.74. The molecule has 0 saturated heterocycles. The number of halogens is 4. The summed E-state index contributed by atoms with van der Waals surface area (Å²) < 4.78 is 55.5. The number of alkyl halides is 3. The molecule has 150 valence electrons. The summed E-state index contributed by atoms with van der Waals surface area (Å²) in [6.07, 6.45) is -5.89. The molecule has 1 aromatic heterocycles. The zero-order valence-corrected chi connectivity index (χ0v) is 15.4. The Morgan fingerprint density at radius 3 is 2.43 bits per heavy atom. The number of nitrogens with one attached hydrogen (secondary N) is 1. The number of H-pyrrole nitrogens is 1. The van der Waals surface area contributed by atoms with Crippen molar-refractivity contribution in [2.75, 3.05) is 0 Å². The van der Waals surface area contributed by atoms with E-state index in [9.17, 15) is 22.7 Å². The first-order valence-electron chi connectivity index (χ1n) is 8.70. The predicted molar refractivity (Wildman–Crippen MR) is 98.5 cm³/mol. The lowest BCUT2D eigenvalue weighted by Gasteiger charge is -2.38. The van der Waals surface area contributed by atoms with Gasteiger partial charge in [-0.25, -0.2) is 9.37 Å². The van der Waals surface area contributed by atoms with Gasteiger partial charge in [0.2, 0.25) is 0 Å². The summed E-state index contributed by atoms with van der Waals surface area (Å²) in [4.78, 5) is 7.07. The van der Waals surface area contributed by atoms with Crippen molar-refractivity contribution in [3.8, 4) is 5.75 Å². The van der Waals surface area contributed by atoms with Crippen LogP contribution in [-0.4, -0.2) is 26.8 Å². The fraction of sp³-hybridized carbons (Fsp3) is 0.350. The molecule has 0 aliphatic rings. The van der Waals surface area contributed by atoms with Gasteiger partial charge in [0, 0.05) is 12.0 Å². The molecule has 28 heavy (non-hydrogen) atoms. The SMILES string of the molecule is CC(C)(CC(N)(Cc1nc2ccccc2[nH]1)C(F)(F)F)c1cc(F)ccc1O. The average molecular weight is 395 g/mol. The highest BCUT2D eigenvalue weighted by Crippen LogP contribution is 2.43. The summed E-state index contributed by atoms with van der Waals surface area (Å²) in [5, 5.41) is 10.0. The van der Waals surface area contributed by atoms with Crippen LogP contribution in [-0.2, 0) is 11.8 Å². The fourth-order valence-corrected chi connectivity index (χ4v) is 3.59. The molecule has 0 radical (unpaired) electrons. The van der Waals surface area contributed by atoms with Crippen molar-refractivity contribution in [1.29, 1.82) is 0 Å². The summed E-state index contributed by atoms with van der Waals surface area (Å²) in [7, 11) is 0. The summed E-state index contributed by atoms with van der Waals surface area (Å²) in [5.41, 5.74) is 3.22. The Morgan fingerprint density at radius 1 is 1.11 bits per heavy atom. The van der Waals surface area contributed by atoms with Gasteiger partial charge >= 0.3 is 6.18 Å². The van der Waals surface area contributed by atoms with Crippen molar-refractivity contribution < 1.29 is 22.7 Å². The molecule has 0 saturated carbocycles. The summed E-state index contributed by atoms with van der Waals surface area (Å²) >= 11 is 0. The number of benzene rings is 2. The topological polar surface area (TPSA) is 74.9 Å². The van der Waals surface area contributed by atoms with Gasteiger partial charge in [-0.05, 0) is 42.2 Å². The number of aromatic nitrogens is 2. The van der Waals surface area contributed by atoms with Gasteiger partial charge in [0.1, 0.15) is 22.9 Å². The van der Waals surface area contributed by atoms with Gasteiger partial charge in [-0.15, -0.1) is 0 Å². The monoisotopic (exact) mass is 395 g/mol. The van der Waals surface area contributed by atoms with Gasteiger partial charge < -0.3 is 15.8 Å². The Kier molecular flexibility index (Phi) is 4.87. The number of nitrogens with zero attached hydrogens (tertiary/aromatic N) is 1.